The highest BCUT2D eigenvalue weighted by Crippen LogP contribution is 2.18. The molecule has 1 rings (SSSR count). The molecule has 1 aromatic heterocycles. The molecule has 1 nitrogen and oxygen atoms in total. The number of hydrogen-bond donors (Lipinski definition) is 1. The molecule has 2 heteroatoms. The van der Waals surface area contributed by atoms with E-state index in [4.69, 9.17) is 0 Å². The lowest BCUT2D eigenvalue weighted by Gasteiger charge is -2.22. The van der Waals surface area contributed by atoms with Crippen LogP contribution in [0.4, 0.5) is 0 Å². The summed E-state index contributed by atoms with van der Waals surface area (Å²) >= 11 is 1.79. The minimum atomic E-state index is 0.500. The summed E-state index contributed by atoms with van der Waals surface area (Å²) in [5, 5.41) is 8.17. The second kappa shape index (κ2) is 7.86. The van der Waals surface area contributed by atoms with Crippen molar-refractivity contribution in [3.8, 4) is 0 Å². The Labute approximate surface area is 104 Å². The molecular formula is C14H25NS. The Hall–Kier alpha value is -0.340. The Balaban J connectivity index is 2.40. The van der Waals surface area contributed by atoms with Crippen molar-refractivity contribution in [2.45, 2.75) is 65.0 Å². The minimum Gasteiger partial charge on any atom is -0.307 e. The van der Waals surface area contributed by atoms with Gasteiger partial charge in [-0.3, -0.25) is 0 Å². The molecule has 1 aromatic rings. The fourth-order valence-electron chi connectivity index (χ4n) is 2.08. The topological polar surface area (TPSA) is 12.0 Å². The zero-order chi connectivity index (χ0) is 11.8. The molecule has 0 spiro atoms. The molecule has 92 valence electrons. The number of unbranched alkanes of at least 4 members (excludes halogenated alkanes) is 1. The van der Waals surface area contributed by atoms with Crippen LogP contribution in [0, 0.1) is 0 Å². The lowest BCUT2D eigenvalue weighted by atomic mass is 10.0. The van der Waals surface area contributed by atoms with Crippen molar-refractivity contribution in [1.29, 1.82) is 0 Å². The van der Waals surface area contributed by atoms with Gasteiger partial charge in [-0.25, -0.2) is 0 Å². The summed E-state index contributed by atoms with van der Waals surface area (Å²) in [6, 6.07) is 3.42. The molecule has 0 fully saturated rings. The molecule has 0 saturated carbocycles. The number of hydrogen-bond acceptors (Lipinski definition) is 2. The monoisotopic (exact) mass is 239 g/mol. The summed E-state index contributed by atoms with van der Waals surface area (Å²) in [6.07, 6.45) is 6.54. The van der Waals surface area contributed by atoms with Gasteiger partial charge in [-0.15, -0.1) is 0 Å². The van der Waals surface area contributed by atoms with Crippen molar-refractivity contribution < 1.29 is 0 Å². The summed E-state index contributed by atoms with van der Waals surface area (Å²) in [7, 11) is 0. The summed E-state index contributed by atoms with van der Waals surface area (Å²) in [5.41, 5.74) is 1.43. The van der Waals surface area contributed by atoms with E-state index in [0.717, 1.165) is 0 Å². The molecule has 2 unspecified atom stereocenters. The number of rotatable bonds is 8. The smallest absolute Gasteiger partial charge is 0.0302 e. The van der Waals surface area contributed by atoms with Crippen LogP contribution in [0.5, 0.6) is 0 Å². The third-order valence-corrected chi connectivity index (χ3v) is 3.77. The Morgan fingerprint density at radius 3 is 2.62 bits per heavy atom. The van der Waals surface area contributed by atoms with Gasteiger partial charge in [-0.05, 0) is 42.2 Å². The predicted octanol–water partition coefficient (Wildman–Crippen LogP) is 4.76. The van der Waals surface area contributed by atoms with E-state index in [2.05, 4.69) is 42.9 Å². The minimum absolute atomic E-state index is 0.500. The van der Waals surface area contributed by atoms with E-state index in [1.807, 2.05) is 0 Å². The van der Waals surface area contributed by atoms with E-state index in [-0.39, 0.29) is 0 Å². The van der Waals surface area contributed by atoms with Gasteiger partial charge in [0.1, 0.15) is 0 Å². The molecule has 0 aromatic carbocycles. The molecule has 0 radical (unpaired) electrons. The first-order valence-electron chi connectivity index (χ1n) is 6.56. The average Bonchev–Trinajstić information content (AvgIpc) is 2.79. The maximum absolute atomic E-state index is 3.76. The van der Waals surface area contributed by atoms with Crippen molar-refractivity contribution in [2.24, 2.45) is 0 Å². The van der Waals surface area contributed by atoms with E-state index >= 15 is 0 Å². The second-order valence-electron chi connectivity index (χ2n) is 4.57. The van der Waals surface area contributed by atoms with Crippen molar-refractivity contribution in [1.82, 2.24) is 5.32 Å². The van der Waals surface area contributed by atoms with Crippen LogP contribution in [0.1, 0.15) is 64.5 Å². The van der Waals surface area contributed by atoms with Crippen LogP contribution in [0.2, 0.25) is 0 Å². The van der Waals surface area contributed by atoms with Crippen molar-refractivity contribution in [3.63, 3.8) is 0 Å². The summed E-state index contributed by atoms with van der Waals surface area (Å²) in [4.78, 5) is 0. The quantitative estimate of drug-likeness (QED) is 0.690. The molecule has 0 aliphatic carbocycles. The lowest BCUT2D eigenvalue weighted by molar-refractivity contribution is 0.396. The molecular weight excluding hydrogens is 214 g/mol. The van der Waals surface area contributed by atoms with Crippen molar-refractivity contribution in [3.05, 3.63) is 22.4 Å². The molecule has 16 heavy (non-hydrogen) atoms. The Morgan fingerprint density at radius 1 is 1.25 bits per heavy atom. The van der Waals surface area contributed by atoms with Gasteiger partial charge in [-0.1, -0.05) is 33.1 Å². The van der Waals surface area contributed by atoms with Crippen molar-refractivity contribution in [2.75, 3.05) is 0 Å². The van der Waals surface area contributed by atoms with Gasteiger partial charge >= 0.3 is 0 Å². The lowest BCUT2D eigenvalue weighted by Crippen LogP contribution is -2.31. The first-order chi connectivity index (χ1) is 7.77. The summed E-state index contributed by atoms with van der Waals surface area (Å²) < 4.78 is 0. The molecule has 0 saturated heterocycles. The number of thiophene rings is 1. The zero-order valence-electron chi connectivity index (χ0n) is 10.8. The third kappa shape index (κ3) is 4.67. The fourth-order valence-corrected chi connectivity index (χ4v) is 2.84. The van der Waals surface area contributed by atoms with E-state index < -0.39 is 0 Å². The van der Waals surface area contributed by atoms with Crippen LogP contribution in [0.25, 0.3) is 0 Å². The first kappa shape index (κ1) is 13.7. The van der Waals surface area contributed by atoms with Crippen molar-refractivity contribution >= 4 is 11.3 Å². The van der Waals surface area contributed by atoms with E-state index in [9.17, 15) is 0 Å². The highest BCUT2D eigenvalue weighted by atomic mass is 32.1. The maximum atomic E-state index is 3.76. The largest absolute Gasteiger partial charge is 0.307 e. The van der Waals surface area contributed by atoms with Crippen LogP contribution in [0.15, 0.2) is 16.8 Å². The maximum Gasteiger partial charge on any atom is 0.0302 e. The Bertz CT molecular complexity index is 256. The molecule has 0 aliphatic rings. The van der Waals surface area contributed by atoms with Crippen LogP contribution in [0.3, 0.4) is 0 Å². The van der Waals surface area contributed by atoms with E-state index in [1.54, 1.807) is 11.3 Å². The van der Waals surface area contributed by atoms with Crippen LogP contribution >= 0.6 is 11.3 Å². The molecule has 0 bridgehead atoms. The molecule has 0 amide bonds. The van der Waals surface area contributed by atoms with Gasteiger partial charge in [0.25, 0.3) is 0 Å². The van der Waals surface area contributed by atoms with Gasteiger partial charge in [0.05, 0.1) is 0 Å². The van der Waals surface area contributed by atoms with Crippen LogP contribution in [-0.2, 0) is 0 Å². The fraction of sp³-hybridized carbons (Fsp3) is 0.714. The highest BCUT2D eigenvalue weighted by molar-refractivity contribution is 7.07. The van der Waals surface area contributed by atoms with Crippen LogP contribution < -0.4 is 5.32 Å². The summed E-state index contributed by atoms with van der Waals surface area (Å²) in [6.45, 7) is 6.82. The SMILES string of the molecule is CCCCC(CCC)NC(C)c1ccsc1. The first-order valence-corrected chi connectivity index (χ1v) is 7.50. The standard InChI is InChI=1S/C14H25NS/c1-4-6-8-14(7-5-2)15-12(3)13-9-10-16-11-13/h9-12,14-15H,4-8H2,1-3H3. The molecule has 1 heterocycles. The molecule has 2 atom stereocenters. The molecule has 0 aliphatic heterocycles. The number of nitrogens with one attached hydrogen (secondary N) is 1. The highest BCUT2D eigenvalue weighted by Gasteiger charge is 2.12. The molecule has 1 N–H and O–H groups in total. The van der Waals surface area contributed by atoms with Gasteiger partial charge < -0.3 is 5.32 Å². The Kier molecular flexibility index (Phi) is 6.74. The normalized spacial score (nSPS) is 14.9. The average molecular weight is 239 g/mol. The zero-order valence-corrected chi connectivity index (χ0v) is 11.6. The van der Waals surface area contributed by atoms with E-state index in [1.165, 1.54) is 37.7 Å². The van der Waals surface area contributed by atoms with Gasteiger partial charge in [0, 0.05) is 12.1 Å². The van der Waals surface area contributed by atoms with Gasteiger partial charge in [0.15, 0.2) is 0 Å². The van der Waals surface area contributed by atoms with Crippen LogP contribution in [-0.4, -0.2) is 6.04 Å². The second-order valence-corrected chi connectivity index (χ2v) is 5.35. The Morgan fingerprint density at radius 2 is 2.06 bits per heavy atom. The summed E-state index contributed by atoms with van der Waals surface area (Å²) in [5.74, 6) is 0. The third-order valence-electron chi connectivity index (χ3n) is 3.07. The van der Waals surface area contributed by atoms with Gasteiger partial charge in [0.2, 0.25) is 0 Å². The van der Waals surface area contributed by atoms with Gasteiger partial charge in [-0.2, -0.15) is 11.3 Å². The van der Waals surface area contributed by atoms with E-state index in [0.29, 0.717) is 12.1 Å². The predicted molar refractivity (Wildman–Crippen MR) is 74.1 cm³/mol.